The Kier molecular flexibility index (Phi) is 4.52. The molecule has 6 heteroatoms. The van der Waals surface area contributed by atoms with Crippen molar-refractivity contribution in [3.8, 4) is 0 Å². The molecule has 0 aliphatic heterocycles. The van der Waals surface area contributed by atoms with Gasteiger partial charge in [-0.3, -0.25) is 0 Å². The fourth-order valence-electron chi connectivity index (χ4n) is 1.51. The van der Waals surface area contributed by atoms with Gasteiger partial charge in [-0.15, -0.1) is 0 Å². The van der Waals surface area contributed by atoms with Gasteiger partial charge < -0.3 is 15.2 Å². The van der Waals surface area contributed by atoms with Crippen molar-refractivity contribution in [3.05, 3.63) is 30.5 Å². The van der Waals surface area contributed by atoms with E-state index >= 15 is 0 Å². The van der Waals surface area contributed by atoms with E-state index in [1.54, 1.807) is 6.20 Å². The van der Waals surface area contributed by atoms with Crippen LogP contribution in [0.2, 0.25) is 0 Å². The highest BCUT2D eigenvalue weighted by atomic mass is 16.5. The van der Waals surface area contributed by atoms with E-state index in [1.165, 1.54) is 6.33 Å². The van der Waals surface area contributed by atoms with Gasteiger partial charge >= 0.3 is 0 Å². The molecule has 18 heavy (non-hydrogen) atoms. The minimum atomic E-state index is 0.640. The smallest absolute Gasteiger partial charge is 0.228 e. The molecule has 2 aromatic rings. The molecule has 0 aromatic carbocycles. The van der Waals surface area contributed by atoms with Crippen molar-refractivity contribution < 1.29 is 4.52 Å². The average Bonchev–Trinajstić information content (AvgIpc) is 2.90. The van der Waals surface area contributed by atoms with Gasteiger partial charge in [-0.1, -0.05) is 12.1 Å². The van der Waals surface area contributed by atoms with Crippen LogP contribution in [0.1, 0.15) is 19.2 Å². The van der Waals surface area contributed by atoms with Gasteiger partial charge in [-0.05, 0) is 12.5 Å². The summed E-state index contributed by atoms with van der Waals surface area (Å²) >= 11 is 0. The summed E-state index contributed by atoms with van der Waals surface area (Å²) in [6.07, 6.45) is 4.98. The van der Waals surface area contributed by atoms with Gasteiger partial charge in [0.2, 0.25) is 5.89 Å². The van der Waals surface area contributed by atoms with Gasteiger partial charge in [-0.25, -0.2) is 4.98 Å². The molecule has 6 nitrogen and oxygen atoms in total. The molecule has 2 N–H and O–H groups in total. The van der Waals surface area contributed by atoms with Gasteiger partial charge in [0.05, 0.1) is 0 Å². The lowest BCUT2D eigenvalue weighted by Gasteiger charge is -2.07. The number of hydrogen-bond donors (Lipinski definition) is 2. The van der Waals surface area contributed by atoms with E-state index in [0.29, 0.717) is 12.3 Å². The number of hydrogen-bond acceptors (Lipinski definition) is 6. The van der Waals surface area contributed by atoms with Crippen molar-refractivity contribution in [1.82, 2.24) is 15.1 Å². The molecule has 0 saturated carbocycles. The summed E-state index contributed by atoms with van der Waals surface area (Å²) < 4.78 is 4.92. The molecule has 0 bridgehead atoms. The number of anilines is 2. The largest absolute Gasteiger partial charge is 0.384 e. The van der Waals surface area contributed by atoms with E-state index in [1.807, 2.05) is 12.1 Å². The summed E-state index contributed by atoms with van der Waals surface area (Å²) in [6, 6.07) is 3.93. The zero-order valence-corrected chi connectivity index (χ0v) is 10.4. The maximum Gasteiger partial charge on any atom is 0.228 e. The third-order valence-corrected chi connectivity index (χ3v) is 2.39. The predicted octanol–water partition coefficient (Wildman–Crippen LogP) is 1.94. The lowest BCUT2D eigenvalue weighted by Crippen LogP contribution is -2.07. The Morgan fingerprint density at radius 1 is 1.22 bits per heavy atom. The Morgan fingerprint density at radius 3 is 2.94 bits per heavy atom. The van der Waals surface area contributed by atoms with Gasteiger partial charge in [0.15, 0.2) is 6.33 Å². The molecule has 0 fully saturated rings. The van der Waals surface area contributed by atoms with Crippen LogP contribution < -0.4 is 10.6 Å². The monoisotopic (exact) mass is 247 g/mol. The summed E-state index contributed by atoms with van der Waals surface area (Å²) in [7, 11) is 0. The Bertz CT molecular complexity index is 457. The summed E-state index contributed by atoms with van der Waals surface area (Å²) in [5.41, 5.74) is 1.03. The van der Waals surface area contributed by atoms with E-state index < -0.39 is 0 Å². The standard InChI is InChI=1S/C12H17N5O/c1-2-5-14-11-8-10(3-6-15-11)13-7-4-12-16-9-17-18-12/h3,6,8-9H,2,4-5,7H2,1H3,(H2,13,14,15). The highest BCUT2D eigenvalue weighted by molar-refractivity contribution is 5.51. The van der Waals surface area contributed by atoms with Crippen molar-refractivity contribution in [3.63, 3.8) is 0 Å². The average molecular weight is 247 g/mol. The fraction of sp³-hybridized carbons (Fsp3) is 0.417. The highest BCUT2D eigenvalue weighted by Gasteiger charge is 1.99. The van der Waals surface area contributed by atoms with E-state index in [4.69, 9.17) is 4.52 Å². The normalized spacial score (nSPS) is 10.3. The molecular formula is C12H17N5O. The zero-order chi connectivity index (χ0) is 12.6. The van der Waals surface area contributed by atoms with Crippen molar-refractivity contribution in [2.45, 2.75) is 19.8 Å². The maximum atomic E-state index is 4.92. The quantitative estimate of drug-likeness (QED) is 0.778. The van der Waals surface area contributed by atoms with Crippen molar-refractivity contribution in [2.24, 2.45) is 0 Å². The number of rotatable bonds is 7. The van der Waals surface area contributed by atoms with Crippen LogP contribution in [0, 0.1) is 0 Å². The first-order chi connectivity index (χ1) is 8.88. The topological polar surface area (TPSA) is 75.9 Å². The van der Waals surface area contributed by atoms with Crippen LogP contribution in [0.25, 0.3) is 0 Å². The Morgan fingerprint density at radius 2 is 2.17 bits per heavy atom. The summed E-state index contributed by atoms with van der Waals surface area (Å²) in [5, 5.41) is 10.1. The van der Waals surface area contributed by atoms with Crippen LogP contribution >= 0.6 is 0 Å². The van der Waals surface area contributed by atoms with Crippen LogP contribution in [0.3, 0.4) is 0 Å². The van der Waals surface area contributed by atoms with Gasteiger partial charge in [0.25, 0.3) is 0 Å². The minimum absolute atomic E-state index is 0.640. The van der Waals surface area contributed by atoms with Crippen molar-refractivity contribution in [1.29, 1.82) is 0 Å². The number of nitrogens with one attached hydrogen (secondary N) is 2. The molecule has 0 unspecified atom stereocenters. The molecule has 0 atom stereocenters. The molecule has 0 aliphatic carbocycles. The van der Waals surface area contributed by atoms with Crippen molar-refractivity contribution in [2.75, 3.05) is 23.7 Å². The van der Waals surface area contributed by atoms with Crippen LogP contribution in [-0.4, -0.2) is 28.2 Å². The first-order valence-electron chi connectivity index (χ1n) is 6.08. The molecule has 0 radical (unpaired) electrons. The molecule has 0 spiro atoms. The number of aromatic nitrogens is 3. The molecule has 96 valence electrons. The maximum absolute atomic E-state index is 4.92. The van der Waals surface area contributed by atoms with Gasteiger partial charge in [0.1, 0.15) is 5.82 Å². The first kappa shape index (κ1) is 12.3. The highest BCUT2D eigenvalue weighted by Crippen LogP contribution is 2.11. The summed E-state index contributed by atoms with van der Waals surface area (Å²) in [5.74, 6) is 1.53. The second-order valence-corrected chi connectivity index (χ2v) is 3.87. The van der Waals surface area contributed by atoms with Crippen LogP contribution in [0.15, 0.2) is 29.2 Å². The lowest BCUT2D eigenvalue weighted by atomic mass is 10.3. The molecule has 0 aliphatic rings. The second kappa shape index (κ2) is 6.58. The lowest BCUT2D eigenvalue weighted by molar-refractivity contribution is 0.380. The number of nitrogens with zero attached hydrogens (tertiary/aromatic N) is 3. The molecule has 2 rings (SSSR count). The van der Waals surface area contributed by atoms with E-state index in [-0.39, 0.29) is 0 Å². The fourth-order valence-corrected chi connectivity index (χ4v) is 1.51. The van der Waals surface area contributed by atoms with E-state index in [0.717, 1.165) is 31.0 Å². The molecule has 0 amide bonds. The van der Waals surface area contributed by atoms with Crippen LogP contribution in [-0.2, 0) is 6.42 Å². The Hall–Kier alpha value is -2.11. The summed E-state index contributed by atoms with van der Waals surface area (Å²) in [6.45, 7) is 3.80. The SMILES string of the molecule is CCCNc1cc(NCCc2ncno2)ccn1. The molecule has 2 aromatic heterocycles. The number of pyridine rings is 1. The predicted molar refractivity (Wildman–Crippen MR) is 69.5 cm³/mol. The molecular weight excluding hydrogens is 230 g/mol. The second-order valence-electron chi connectivity index (χ2n) is 3.87. The van der Waals surface area contributed by atoms with Crippen molar-refractivity contribution >= 4 is 11.5 Å². The Labute approximate surface area is 106 Å². The van der Waals surface area contributed by atoms with Gasteiger partial charge in [0, 0.05) is 37.5 Å². The van der Waals surface area contributed by atoms with Crippen LogP contribution in [0.4, 0.5) is 11.5 Å². The van der Waals surface area contributed by atoms with Crippen LogP contribution in [0.5, 0.6) is 0 Å². The third kappa shape index (κ3) is 3.73. The molecule has 2 heterocycles. The van der Waals surface area contributed by atoms with E-state index in [9.17, 15) is 0 Å². The minimum Gasteiger partial charge on any atom is -0.384 e. The Balaban J connectivity index is 1.81. The third-order valence-electron chi connectivity index (χ3n) is 2.39. The molecule has 0 saturated heterocycles. The van der Waals surface area contributed by atoms with E-state index in [2.05, 4.69) is 32.7 Å². The first-order valence-corrected chi connectivity index (χ1v) is 6.08. The zero-order valence-electron chi connectivity index (χ0n) is 10.4. The summed E-state index contributed by atoms with van der Waals surface area (Å²) in [4.78, 5) is 8.21. The van der Waals surface area contributed by atoms with Gasteiger partial charge in [-0.2, -0.15) is 4.98 Å².